The van der Waals surface area contributed by atoms with Crippen LogP contribution in [0.1, 0.15) is 61.1 Å². The van der Waals surface area contributed by atoms with E-state index >= 15 is 0 Å². The van der Waals surface area contributed by atoms with Crippen LogP contribution in [0, 0.1) is 33.6 Å². The summed E-state index contributed by atoms with van der Waals surface area (Å²) in [7, 11) is 0. The Bertz CT molecular complexity index is 1330. The third kappa shape index (κ3) is 9.64. The molecule has 39 heavy (non-hydrogen) atoms. The molecule has 6 heteroatoms. The van der Waals surface area contributed by atoms with Crippen LogP contribution in [-0.4, -0.2) is 35.7 Å². The van der Waals surface area contributed by atoms with Gasteiger partial charge in [0.1, 0.15) is 5.78 Å². The Labute approximate surface area is 231 Å². The van der Waals surface area contributed by atoms with Crippen LogP contribution >= 0.6 is 0 Å². The van der Waals surface area contributed by atoms with Gasteiger partial charge in [-0.3, -0.25) is 9.59 Å². The number of hydrogen-bond acceptors (Lipinski definition) is 6. The zero-order chi connectivity index (χ0) is 29.3. The number of ether oxygens (including phenoxy) is 2. The number of aryl methyl sites for hydroxylation is 4. The van der Waals surface area contributed by atoms with E-state index in [1.807, 2.05) is 64.1 Å². The third-order valence-corrected chi connectivity index (χ3v) is 6.82. The summed E-state index contributed by atoms with van der Waals surface area (Å²) in [5, 5.41) is 0. The molecule has 206 valence electrons. The molecule has 3 unspecified atom stereocenters. The van der Waals surface area contributed by atoms with Crippen LogP contribution in [0.4, 0.5) is 0 Å². The molecule has 0 spiro atoms. The molecule has 0 saturated carbocycles. The number of allylic oxidation sites excluding steroid dienone is 1. The number of ketones is 2. The van der Waals surface area contributed by atoms with Gasteiger partial charge in [-0.1, -0.05) is 43.3 Å². The predicted octanol–water partition coefficient (Wildman–Crippen LogP) is 6.23. The molecule has 2 aromatic rings. The molecule has 0 aliphatic carbocycles. The molecule has 0 aliphatic rings. The quantitative estimate of drug-likeness (QED) is 0.253. The van der Waals surface area contributed by atoms with Crippen molar-refractivity contribution in [2.24, 2.45) is 5.92 Å². The van der Waals surface area contributed by atoms with Gasteiger partial charge >= 0.3 is 11.9 Å². The summed E-state index contributed by atoms with van der Waals surface area (Å²) in [5.74, 6) is -2.70. The van der Waals surface area contributed by atoms with Crippen LogP contribution in [0.3, 0.4) is 0 Å². The van der Waals surface area contributed by atoms with Gasteiger partial charge < -0.3 is 9.47 Å². The van der Waals surface area contributed by atoms with E-state index in [0.717, 1.165) is 33.4 Å². The maximum atomic E-state index is 12.8. The minimum Gasteiger partial charge on any atom is -0.454 e. The first kappa shape index (κ1) is 31.2. The normalized spacial score (nSPS) is 14.2. The average Bonchev–Trinajstić information content (AvgIpc) is 2.87. The number of esters is 2. The fourth-order valence-corrected chi connectivity index (χ4v) is 3.66. The molecule has 0 fully saturated rings. The van der Waals surface area contributed by atoms with Gasteiger partial charge in [0.05, 0.1) is 5.92 Å². The molecule has 0 amide bonds. The van der Waals surface area contributed by atoms with Crippen molar-refractivity contribution in [3.63, 3.8) is 0 Å². The molecule has 6 nitrogen and oxygen atoms in total. The van der Waals surface area contributed by atoms with E-state index in [4.69, 9.17) is 9.47 Å². The Morgan fingerprint density at radius 3 is 1.56 bits per heavy atom. The van der Waals surface area contributed by atoms with Gasteiger partial charge in [0, 0.05) is 12.2 Å². The second kappa shape index (κ2) is 14.2. The van der Waals surface area contributed by atoms with Gasteiger partial charge in [0.2, 0.25) is 0 Å². The molecule has 3 atom stereocenters. The summed E-state index contributed by atoms with van der Waals surface area (Å²) in [6, 6.07) is 11.6. The summed E-state index contributed by atoms with van der Waals surface area (Å²) in [6.07, 6.45) is 4.89. The highest BCUT2D eigenvalue weighted by Gasteiger charge is 2.34. The van der Waals surface area contributed by atoms with E-state index in [9.17, 15) is 19.2 Å². The summed E-state index contributed by atoms with van der Waals surface area (Å²) in [5.41, 5.74) is 6.38. The molecule has 0 aromatic heterocycles. The molecule has 0 aliphatic heterocycles. The van der Waals surface area contributed by atoms with Crippen molar-refractivity contribution >= 4 is 35.7 Å². The van der Waals surface area contributed by atoms with Crippen molar-refractivity contribution in [2.75, 3.05) is 0 Å². The summed E-state index contributed by atoms with van der Waals surface area (Å²) < 4.78 is 11.3. The standard InChI is InChI=1S/C33H38O6/c1-20-9-11-28(17-22(20)3)13-15-31(36)38-30(19-24(5)26(7)34)33(25(6)27(8)35)39-32(37)16-14-29-12-10-21(2)23(4)18-29/h9-19,25,30,33H,1-8H3/b15-13+,16-14+,24-19+. The Morgan fingerprint density at radius 2 is 1.15 bits per heavy atom. The van der Waals surface area contributed by atoms with Crippen molar-refractivity contribution in [1.82, 2.24) is 0 Å². The zero-order valence-corrected chi connectivity index (χ0v) is 24.0. The first-order valence-corrected chi connectivity index (χ1v) is 12.9. The summed E-state index contributed by atoms with van der Waals surface area (Å²) in [6.45, 7) is 13.9. The first-order valence-electron chi connectivity index (χ1n) is 12.9. The lowest BCUT2D eigenvalue weighted by atomic mass is 9.94. The summed E-state index contributed by atoms with van der Waals surface area (Å²) in [4.78, 5) is 50.0. The fraction of sp³-hybridized carbons (Fsp3) is 0.333. The fourth-order valence-electron chi connectivity index (χ4n) is 3.66. The van der Waals surface area contributed by atoms with Gasteiger partial charge in [-0.15, -0.1) is 0 Å². The van der Waals surface area contributed by atoms with Crippen molar-refractivity contribution in [2.45, 2.75) is 67.6 Å². The zero-order valence-electron chi connectivity index (χ0n) is 24.0. The number of benzene rings is 2. The highest BCUT2D eigenvalue weighted by molar-refractivity contribution is 5.93. The lowest BCUT2D eigenvalue weighted by Gasteiger charge is -2.28. The second-order valence-electron chi connectivity index (χ2n) is 9.96. The number of Topliss-reactive ketones (excluding diaryl/α,β-unsaturated/α-hetero) is 2. The van der Waals surface area contributed by atoms with Crippen LogP contribution in [0.5, 0.6) is 0 Å². The van der Waals surface area contributed by atoms with E-state index in [2.05, 4.69) is 0 Å². The highest BCUT2D eigenvalue weighted by atomic mass is 16.6. The van der Waals surface area contributed by atoms with Crippen molar-refractivity contribution < 1.29 is 28.7 Å². The molecule has 0 saturated heterocycles. The van der Waals surface area contributed by atoms with Crippen LogP contribution in [-0.2, 0) is 28.7 Å². The molecule has 0 radical (unpaired) electrons. The molecule has 2 rings (SSSR count). The van der Waals surface area contributed by atoms with Crippen LogP contribution < -0.4 is 0 Å². The van der Waals surface area contributed by atoms with Gasteiger partial charge in [0.15, 0.2) is 18.0 Å². The predicted molar refractivity (Wildman–Crippen MR) is 154 cm³/mol. The monoisotopic (exact) mass is 530 g/mol. The SMILES string of the molecule is CC(=O)/C(C)=C/C(OC(=O)/C=C/c1ccc(C)c(C)c1)C(OC(=O)/C=C/c1ccc(C)c(C)c1)C(C)C(C)=O. The van der Waals surface area contributed by atoms with E-state index in [1.165, 1.54) is 32.1 Å². The van der Waals surface area contributed by atoms with E-state index < -0.39 is 30.1 Å². The van der Waals surface area contributed by atoms with E-state index in [0.29, 0.717) is 5.57 Å². The van der Waals surface area contributed by atoms with Crippen molar-refractivity contribution in [1.29, 1.82) is 0 Å². The maximum Gasteiger partial charge on any atom is 0.331 e. The molecule has 0 heterocycles. The van der Waals surface area contributed by atoms with Crippen LogP contribution in [0.15, 0.2) is 60.2 Å². The molecular formula is C33H38O6. The maximum absolute atomic E-state index is 12.8. The average molecular weight is 531 g/mol. The molecular weight excluding hydrogens is 492 g/mol. The van der Waals surface area contributed by atoms with E-state index in [1.54, 1.807) is 26.0 Å². The Hall–Kier alpha value is -4.06. The first-order chi connectivity index (χ1) is 18.3. The highest BCUT2D eigenvalue weighted by Crippen LogP contribution is 2.21. The van der Waals surface area contributed by atoms with Crippen LogP contribution in [0.25, 0.3) is 12.2 Å². The topological polar surface area (TPSA) is 86.7 Å². The van der Waals surface area contributed by atoms with Gasteiger partial charge in [0.25, 0.3) is 0 Å². The van der Waals surface area contributed by atoms with Crippen molar-refractivity contribution in [3.05, 3.63) is 93.6 Å². The Kier molecular flexibility index (Phi) is 11.3. The number of carbonyl (C=O) groups is 4. The largest absolute Gasteiger partial charge is 0.454 e. The lowest BCUT2D eigenvalue weighted by Crippen LogP contribution is -2.41. The van der Waals surface area contributed by atoms with Gasteiger partial charge in [-0.25, -0.2) is 9.59 Å². The Balaban J connectivity index is 2.34. The minimum atomic E-state index is -1.16. The number of rotatable bonds is 11. The Morgan fingerprint density at radius 1 is 0.692 bits per heavy atom. The van der Waals surface area contributed by atoms with Gasteiger partial charge in [-0.2, -0.15) is 0 Å². The molecule has 2 aromatic carbocycles. The lowest BCUT2D eigenvalue weighted by molar-refractivity contribution is -0.163. The molecule has 0 bridgehead atoms. The van der Waals surface area contributed by atoms with Crippen LogP contribution in [0.2, 0.25) is 0 Å². The third-order valence-electron chi connectivity index (χ3n) is 6.82. The minimum absolute atomic E-state index is 0.239. The van der Waals surface area contributed by atoms with E-state index in [-0.39, 0.29) is 11.6 Å². The smallest absolute Gasteiger partial charge is 0.331 e. The summed E-state index contributed by atoms with van der Waals surface area (Å²) >= 11 is 0. The van der Waals surface area contributed by atoms with Crippen molar-refractivity contribution in [3.8, 4) is 0 Å². The number of carbonyl (C=O) groups excluding carboxylic acids is 4. The number of hydrogen-bond donors (Lipinski definition) is 0. The van der Waals surface area contributed by atoms with Gasteiger partial charge in [-0.05, 0) is 106 Å². The molecule has 0 N–H and O–H groups in total. The second-order valence-corrected chi connectivity index (χ2v) is 9.96.